The molecule has 19 heavy (non-hydrogen) atoms. The largest absolute Gasteiger partial charge is 0.261 e. The van der Waals surface area contributed by atoms with Crippen LogP contribution < -0.4 is 0 Å². The van der Waals surface area contributed by atoms with Crippen LogP contribution >= 0.6 is 0 Å². The molecule has 0 saturated carbocycles. The van der Waals surface area contributed by atoms with Gasteiger partial charge in [0.15, 0.2) is 0 Å². The molecule has 2 heteroatoms. The summed E-state index contributed by atoms with van der Waals surface area (Å²) in [6.07, 6.45) is 7.61. The number of hydrogen-bond donors (Lipinski definition) is 0. The fourth-order valence-electron chi connectivity index (χ4n) is 1.73. The monoisotopic (exact) mass is 254 g/mol. The maximum absolute atomic E-state index is 8.71. The van der Waals surface area contributed by atoms with E-state index in [-0.39, 0.29) is 0 Å². The SMILES string of the molecule is CC(C)=CCCC(C)CC=Nc1ccc(C#N)cc1. The molecule has 0 aromatic heterocycles. The smallest absolute Gasteiger partial charge is 0.0991 e. The predicted octanol–water partition coefficient (Wildman–Crippen LogP) is 5.03. The normalized spacial score (nSPS) is 12.1. The molecular weight excluding hydrogens is 232 g/mol. The van der Waals surface area contributed by atoms with Crippen molar-refractivity contribution in [2.45, 2.75) is 40.0 Å². The van der Waals surface area contributed by atoms with E-state index >= 15 is 0 Å². The van der Waals surface area contributed by atoms with Gasteiger partial charge in [-0.1, -0.05) is 18.6 Å². The van der Waals surface area contributed by atoms with Crippen molar-refractivity contribution < 1.29 is 0 Å². The second kappa shape index (κ2) is 8.26. The van der Waals surface area contributed by atoms with Gasteiger partial charge in [0.2, 0.25) is 0 Å². The van der Waals surface area contributed by atoms with Gasteiger partial charge in [0.1, 0.15) is 0 Å². The zero-order valence-corrected chi connectivity index (χ0v) is 12.1. The Hall–Kier alpha value is -1.88. The highest BCUT2D eigenvalue weighted by Crippen LogP contribution is 2.14. The van der Waals surface area contributed by atoms with Crippen molar-refractivity contribution in [2.75, 3.05) is 0 Å². The van der Waals surface area contributed by atoms with Crippen molar-refractivity contribution in [2.24, 2.45) is 10.9 Å². The fourth-order valence-corrected chi connectivity index (χ4v) is 1.73. The first-order valence-corrected chi connectivity index (χ1v) is 6.78. The van der Waals surface area contributed by atoms with Gasteiger partial charge in [-0.05, 0) is 63.3 Å². The molecule has 0 aliphatic heterocycles. The molecule has 2 nitrogen and oxygen atoms in total. The summed E-state index contributed by atoms with van der Waals surface area (Å²) in [5.74, 6) is 0.651. The summed E-state index contributed by atoms with van der Waals surface area (Å²) in [7, 11) is 0. The molecule has 1 rings (SSSR count). The summed E-state index contributed by atoms with van der Waals surface area (Å²) < 4.78 is 0. The van der Waals surface area contributed by atoms with Gasteiger partial charge in [-0.15, -0.1) is 0 Å². The van der Waals surface area contributed by atoms with Crippen molar-refractivity contribution in [3.8, 4) is 6.07 Å². The maximum atomic E-state index is 8.71. The Kier molecular flexibility index (Phi) is 6.60. The summed E-state index contributed by atoms with van der Waals surface area (Å²) in [6.45, 7) is 6.53. The molecule has 0 N–H and O–H groups in total. The van der Waals surface area contributed by atoms with Crippen LogP contribution in [0.3, 0.4) is 0 Å². The molecule has 100 valence electrons. The van der Waals surface area contributed by atoms with E-state index in [4.69, 9.17) is 5.26 Å². The van der Waals surface area contributed by atoms with E-state index in [1.54, 1.807) is 12.1 Å². The van der Waals surface area contributed by atoms with Gasteiger partial charge in [0.25, 0.3) is 0 Å². The molecule has 0 fully saturated rings. The van der Waals surface area contributed by atoms with E-state index in [0.29, 0.717) is 11.5 Å². The van der Waals surface area contributed by atoms with E-state index < -0.39 is 0 Å². The molecular formula is C17H22N2. The summed E-state index contributed by atoms with van der Waals surface area (Å²) in [4.78, 5) is 4.41. The summed E-state index contributed by atoms with van der Waals surface area (Å²) in [5, 5.41) is 8.71. The van der Waals surface area contributed by atoms with Crippen molar-refractivity contribution in [1.82, 2.24) is 0 Å². The van der Waals surface area contributed by atoms with Crippen LogP contribution in [0.1, 0.15) is 45.6 Å². The molecule has 0 spiro atoms. The van der Waals surface area contributed by atoms with Crippen molar-refractivity contribution in [3.63, 3.8) is 0 Å². The van der Waals surface area contributed by atoms with Crippen LogP contribution in [0.25, 0.3) is 0 Å². The van der Waals surface area contributed by atoms with Crippen molar-refractivity contribution >= 4 is 11.9 Å². The Balaban J connectivity index is 2.36. The number of rotatable bonds is 6. The van der Waals surface area contributed by atoms with E-state index in [1.165, 1.54) is 12.0 Å². The third-order valence-corrected chi connectivity index (χ3v) is 2.96. The first kappa shape index (κ1) is 15.2. The minimum Gasteiger partial charge on any atom is -0.261 e. The number of benzene rings is 1. The standard InChI is InChI=1S/C17H22N2/c1-14(2)5-4-6-15(3)11-12-19-17-9-7-16(13-18)8-10-17/h5,7-10,12,15H,4,6,11H2,1-3H3. The van der Waals surface area contributed by atoms with Crippen LogP contribution in [0.15, 0.2) is 40.9 Å². The van der Waals surface area contributed by atoms with Crippen molar-refractivity contribution in [3.05, 3.63) is 41.5 Å². The van der Waals surface area contributed by atoms with Gasteiger partial charge in [0, 0.05) is 6.21 Å². The van der Waals surface area contributed by atoms with Gasteiger partial charge in [-0.3, -0.25) is 4.99 Å². The van der Waals surface area contributed by atoms with Gasteiger partial charge in [-0.2, -0.15) is 5.26 Å². The molecule has 1 aromatic rings. The number of aliphatic imine (C=N–C) groups is 1. The lowest BCUT2D eigenvalue weighted by Gasteiger charge is -2.05. The van der Waals surface area contributed by atoms with Gasteiger partial charge in [0.05, 0.1) is 17.3 Å². The molecule has 1 aromatic carbocycles. The van der Waals surface area contributed by atoms with Gasteiger partial charge in [-0.25, -0.2) is 0 Å². The van der Waals surface area contributed by atoms with E-state index in [1.807, 2.05) is 18.3 Å². The third kappa shape index (κ3) is 6.57. The third-order valence-electron chi connectivity index (χ3n) is 2.96. The Morgan fingerprint density at radius 1 is 1.32 bits per heavy atom. The maximum Gasteiger partial charge on any atom is 0.0991 e. The Labute approximate surface area is 116 Å². The molecule has 0 saturated heterocycles. The summed E-state index contributed by atoms with van der Waals surface area (Å²) in [6, 6.07) is 9.45. The van der Waals surface area contributed by atoms with Crippen LogP contribution in [0.2, 0.25) is 0 Å². The Morgan fingerprint density at radius 2 is 2.00 bits per heavy atom. The predicted molar refractivity (Wildman–Crippen MR) is 81.8 cm³/mol. The van der Waals surface area contributed by atoms with Gasteiger partial charge < -0.3 is 0 Å². The Bertz CT molecular complexity index is 471. The highest BCUT2D eigenvalue weighted by atomic mass is 14.7. The Morgan fingerprint density at radius 3 is 2.58 bits per heavy atom. The van der Waals surface area contributed by atoms with Crippen molar-refractivity contribution in [1.29, 1.82) is 5.26 Å². The minimum absolute atomic E-state index is 0.651. The molecule has 0 amide bonds. The second-order valence-electron chi connectivity index (χ2n) is 5.17. The fraction of sp³-hybridized carbons (Fsp3) is 0.412. The number of nitrogens with zero attached hydrogens (tertiary/aromatic N) is 2. The quantitative estimate of drug-likeness (QED) is 0.518. The van der Waals surface area contributed by atoms with Crippen LogP contribution in [-0.4, -0.2) is 6.21 Å². The lowest BCUT2D eigenvalue weighted by molar-refractivity contribution is 0.563. The summed E-state index contributed by atoms with van der Waals surface area (Å²) in [5.41, 5.74) is 2.97. The first-order chi connectivity index (χ1) is 9.11. The molecule has 0 aliphatic rings. The highest BCUT2D eigenvalue weighted by molar-refractivity contribution is 5.63. The minimum atomic E-state index is 0.651. The van der Waals surface area contributed by atoms with Crippen LogP contribution in [-0.2, 0) is 0 Å². The van der Waals surface area contributed by atoms with Gasteiger partial charge >= 0.3 is 0 Å². The van der Waals surface area contributed by atoms with Crippen LogP contribution in [0, 0.1) is 17.2 Å². The topological polar surface area (TPSA) is 36.1 Å². The molecule has 0 radical (unpaired) electrons. The zero-order valence-electron chi connectivity index (χ0n) is 12.1. The second-order valence-corrected chi connectivity index (χ2v) is 5.17. The molecule has 1 atom stereocenters. The zero-order chi connectivity index (χ0) is 14.1. The number of allylic oxidation sites excluding steroid dienone is 2. The van der Waals surface area contributed by atoms with Crippen LogP contribution in [0.4, 0.5) is 5.69 Å². The molecule has 0 aliphatic carbocycles. The first-order valence-electron chi connectivity index (χ1n) is 6.78. The lowest BCUT2D eigenvalue weighted by Crippen LogP contribution is -1.94. The highest BCUT2D eigenvalue weighted by Gasteiger charge is 1.98. The van der Waals surface area contributed by atoms with Crippen LogP contribution in [0.5, 0.6) is 0 Å². The number of hydrogen-bond acceptors (Lipinski definition) is 2. The lowest BCUT2D eigenvalue weighted by atomic mass is 10.0. The average Bonchev–Trinajstić information content (AvgIpc) is 2.39. The molecule has 0 bridgehead atoms. The molecule has 0 heterocycles. The summed E-state index contributed by atoms with van der Waals surface area (Å²) >= 11 is 0. The van der Waals surface area contributed by atoms with E-state index in [0.717, 1.165) is 18.5 Å². The average molecular weight is 254 g/mol. The molecule has 1 unspecified atom stereocenters. The van der Waals surface area contributed by atoms with E-state index in [2.05, 4.69) is 37.9 Å². The number of nitriles is 1. The van der Waals surface area contributed by atoms with E-state index in [9.17, 15) is 0 Å².